The van der Waals surface area contributed by atoms with E-state index >= 15 is 0 Å². The number of anilines is 1. The molecule has 0 unspecified atom stereocenters. The number of pyridine rings is 2. The van der Waals surface area contributed by atoms with Gasteiger partial charge in [0.1, 0.15) is 0 Å². The van der Waals surface area contributed by atoms with Crippen LogP contribution in [0.1, 0.15) is 28.4 Å². The van der Waals surface area contributed by atoms with Crippen LogP contribution in [0.2, 0.25) is 0 Å². The van der Waals surface area contributed by atoms with Gasteiger partial charge in [-0.2, -0.15) is 10.1 Å². The third kappa shape index (κ3) is 6.00. The molecule has 0 saturated carbocycles. The second kappa shape index (κ2) is 11.3. The topological polar surface area (TPSA) is 94.2 Å². The number of aryl methyl sites for hydroxylation is 1. The minimum atomic E-state index is -0.0380. The van der Waals surface area contributed by atoms with Crippen molar-refractivity contribution in [2.24, 2.45) is 10.2 Å². The van der Waals surface area contributed by atoms with Gasteiger partial charge in [-0.05, 0) is 24.1 Å². The van der Waals surface area contributed by atoms with Gasteiger partial charge in [-0.1, -0.05) is 29.8 Å². The van der Waals surface area contributed by atoms with Crippen LogP contribution in [0.4, 0.5) is 11.5 Å². The molecule has 0 aliphatic carbocycles. The molecule has 1 saturated heterocycles. The minimum absolute atomic E-state index is 0.0380. The second-order valence-electron chi connectivity index (χ2n) is 9.04. The molecule has 0 N–H and O–H groups in total. The lowest BCUT2D eigenvalue weighted by Gasteiger charge is -2.29. The summed E-state index contributed by atoms with van der Waals surface area (Å²) in [6.45, 7) is 7.43. The molecule has 1 aliphatic heterocycles. The molecule has 190 valence electrons. The van der Waals surface area contributed by atoms with Crippen LogP contribution in [-0.4, -0.2) is 53.4 Å². The Morgan fingerprint density at radius 3 is 2.84 bits per heavy atom. The standard InChI is InChI=1S/C28H30N6O3/c1-20-4-3-5-22(14-20)17-30-32-27-15-24(33-9-12-36-13-10-33)16-28(31-27)37-11-7-23-19-34(21(2)35)26-6-8-29-18-25(23)26/h3-6,8,14-16,18-19H,7,9-13,17H2,1-2H3. The molecule has 1 fully saturated rings. The first kappa shape index (κ1) is 24.6. The molecule has 0 radical (unpaired) electrons. The van der Waals surface area contributed by atoms with Gasteiger partial charge in [-0.3, -0.25) is 14.3 Å². The zero-order valence-electron chi connectivity index (χ0n) is 21.1. The van der Waals surface area contributed by atoms with E-state index in [0.29, 0.717) is 44.5 Å². The van der Waals surface area contributed by atoms with Crippen molar-refractivity contribution in [3.8, 4) is 5.88 Å². The Labute approximate surface area is 215 Å². The van der Waals surface area contributed by atoms with E-state index in [2.05, 4.69) is 44.2 Å². The zero-order valence-corrected chi connectivity index (χ0v) is 21.1. The minimum Gasteiger partial charge on any atom is -0.477 e. The Morgan fingerprint density at radius 2 is 2.03 bits per heavy atom. The molecule has 9 heteroatoms. The first-order valence-corrected chi connectivity index (χ1v) is 12.4. The number of nitrogens with zero attached hydrogens (tertiary/aromatic N) is 6. The maximum Gasteiger partial charge on any atom is 0.227 e. The summed E-state index contributed by atoms with van der Waals surface area (Å²) in [5.74, 6) is 0.954. The summed E-state index contributed by atoms with van der Waals surface area (Å²) in [7, 11) is 0. The smallest absolute Gasteiger partial charge is 0.227 e. The molecule has 0 spiro atoms. The molecule has 0 bridgehead atoms. The average Bonchev–Trinajstić information content (AvgIpc) is 3.28. The summed E-state index contributed by atoms with van der Waals surface area (Å²) >= 11 is 0. The van der Waals surface area contributed by atoms with Crippen molar-refractivity contribution in [2.45, 2.75) is 26.8 Å². The highest BCUT2D eigenvalue weighted by Crippen LogP contribution is 2.27. The summed E-state index contributed by atoms with van der Waals surface area (Å²) in [4.78, 5) is 23.1. The van der Waals surface area contributed by atoms with E-state index in [1.165, 1.54) is 5.56 Å². The molecule has 0 atom stereocenters. The highest BCUT2D eigenvalue weighted by molar-refractivity contribution is 5.93. The van der Waals surface area contributed by atoms with Gasteiger partial charge < -0.3 is 14.4 Å². The number of hydrogen-bond acceptors (Lipinski definition) is 8. The molecule has 4 heterocycles. The van der Waals surface area contributed by atoms with Crippen molar-refractivity contribution in [1.82, 2.24) is 14.5 Å². The SMILES string of the molecule is CC(=O)n1cc(CCOc2cc(N3CCOCC3)cc(N=NCc3cccc(C)c3)n2)c2cnccc21. The Kier molecular flexibility index (Phi) is 7.51. The summed E-state index contributed by atoms with van der Waals surface area (Å²) in [5.41, 5.74) is 5.12. The lowest BCUT2D eigenvalue weighted by Crippen LogP contribution is -2.36. The Bertz CT molecular complexity index is 1420. The van der Waals surface area contributed by atoms with Crippen LogP contribution >= 0.6 is 0 Å². The van der Waals surface area contributed by atoms with Gasteiger partial charge in [0.15, 0.2) is 5.82 Å². The number of benzene rings is 1. The predicted octanol–water partition coefficient (Wildman–Crippen LogP) is 5.14. The fourth-order valence-corrected chi connectivity index (χ4v) is 4.47. The normalized spacial score (nSPS) is 13.9. The van der Waals surface area contributed by atoms with Crippen LogP contribution in [0.25, 0.3) is 10.9 Å². The Balaban J connectivity index is 1.33. The number of carbonyl (C=O) groups is 1. The number of azo groups is 1. The molecule has 4 aromatic rings. The van der Waals surface area contributed by atoms with Crippen molar-refractivity contribution in [3.63, 3.8) is 0 Å². The van der Waals surface area contributed by atoms with Crippen molar-refractivity contribution in [1.29, 1.82) is 0 Å². The highest BCUT2D eigenvalue weighted by atomic mass is 16.5. The molecule has 1 aliphatic rings. The van der Waals surface area contributed by atoms with Crippen LogP contribution in [0.15, 0.2) is 71.3 Å². The Hall–Kier alpha value is -4.11. The lowest BCUT2D eigenvalue weighted by molar-refractivity contribution is 0.0941. The van der Waals surface area contributed by atoms with Crippen LogP contribution in [0.5, 0.6) is 5.88 Å². The van der Waals surface area contributed by atoms with Gasteiger partial charge in [0, 0.05) is 68.2 Å². The molecule has 3 aromatic heterocycles. The molecule has 0 amide bonds. The van der Waals surface area contributed by atoms with Crippen LogP contribution in [0, 0.1) is 6.92 Å². The van der Waals surface area contributed by atoms with Crippen molar-refractivity contribution >= 4 is 28.3 Å². The van der Waals surface area contributed by atoms with E-state index in [1.54, 1.807) is 23.9 Å². The molecule has 9 nitrogen and oxygen atoms in total. The predicted molar refractivity (Wildman–Crippen MR) is 142 cm³/mol. The van der Waals surface area contributed by atoms with Gasteiger partial charge >= 0.3 is 0 Å². The third-order valence-electron chi connectivity index (χ3n) is 6.31. The summed E-state index contributed by atoms with van der Waals surface area (Å²) in [6.07, 6.45) is 5.95. The summed E-state index contributed by atoms with van der Waals surface area (Å²) in [5, 5.41) is 9.73. The quantitative estimate of drug-likeness (QED) is 0.312. The monoisotopic (exact) mass is 498 g/mol. The van der Waals surface area contributed by atoms with Crippen molar-refractivity contribution in [3.05, 3.63) is 77.7 Å². The molecule has 37 heavy (non-hydrogen) atoms. The fraction of sp³-hybridized carbons (Fsp3) is 0.321. The number of ether oxygens (including phenoxy) is 2. The van der Waals surface area contributed by atoms with Gasteiger partial charge in [0.2, 0.25) is 11.8 Å². The Morgan fingerprint density at radius 1 is 1.16 bits per heavy atom. The number of fused-ring (bicyclic) bond motifs is 1. The third-order valence-corrected chi connectivity index (χ3v) is 6.31. The molecule has 1 aromatic carbocycles. The zero-order chi connectivity index (χ0) is 25.6. The number of morpholine rings is 1. The van der Waals surface area contributed by atoms with Crippen LogP contribution in [0.3, 0.4) is 0 Å². The van der Waals surface area contributed by atoms with E-state index in [4.69, 9.17) is 9.47 Å². The molecular formula is C28H30N6O3. The van der Waals surface area contributed by atoms with Crippen molar-refractivity contribution < 1.29 is 14.3 Å². The summed E-state index contributed by atoms with van der Waals surface area (Å²) in [6, 6.07) is 13.9. The average molecular weight is 499 g/mol. The molecule has 5 rings (SSSR count). The number of carbonyl (C=O) groups excluding carboxylic acids is 1. The largest absolute Gasteiger partial charge is 0.477 e. The highest BCUT2D eigenvalue weighted by Gasteiger charge is 2.15. The first-order chi connectivity index (χ1) is 18.1. The number of rotatable bonds is 8. The molecular weight excluding hydrogens is 468 g/mol. The van der Waals surface area contributed by atoms with E-state index in [0.717, 1.165) is 40.8 Å². The first-order valence-electron chi connectivity index (χ1n) is 12.4. The van der Waals surface area contributed by atoms with E-state index in [9.17, 15) is 4.79 Å². The maximum atomic E-state index is 12.1. The lowest BCUT2D eigenvalue weighted by atomic mass is 10.1. The van der Waals surface area contributed by atoms with Crippen molar-refractivity contribution in [2.75, 3.05) is 37.8 Å². The van der Waals surface area contributed by atoms with E-state index in [1.807, 2.05) is 36.5 Å². The van der Waals surface area contributed by atoms with E-state index in [-0.39, 0.29) is 5.91 Å². The number of aromatic nitrogens is 3. The van der Waals surface area contributed by atoms with Gasteiger partial charge in [-0.15, -0.1) is 5.11 Å². The van der Waals surface area contributed by atoms with Gasteiger partial charge in [0.05, 0.1) is 31.9 Å². The number of hydrogen-bond donors (Lipinski definition) is 0. The van der Waals surface area contributed by atoms with Gasteiger partial charge in [0.25, 0.3) is 0 Å². The van der Waals surface area contributed by atoms with Crippen LogP contribution < -0.4 is 9.64 Å². The van der Waals surface area contributed by atoms with E-state index < -0.39 is 0 Å². The van der Waals surface area contributed by atoms with Gasteiger partial charge in [-0.25, -0.2) is 0 Å². The maximum absolute atomic E-state index is 12.1. The second-order valence-corrected chi connectivity index (χ2v) is 9.04. The fourth-order valence-electron chi connectivity index (χ4n) is 4.47. The van der Waals surface area contributed by atoms with Crippen LogP contribution in [-0.2, 0) is 17.7 Å². The summed E-state index contributed by atoms with van der Waals surface area (Å²) < 4.78 is 13.3.